The van der Waals surface area contributed by atoms with Crippen molar-refractivity contribution in [2.45, 2.75) is 45.9 Å². The Bertz CT molecular complexity index is 240. The molecule has 14 heavy (non-hydrogen) atoms. The second kappa shape index (κ2) is 4.55. The topological polar surface area (TPSA) is 46.6 Å². The van der Waals surface area contributed by atoms with Gasteiger partial charge in [-0.25, -0.2) is 0 Å². The highest BCUT2D eigenvalue weighted by atomic mass is 16.6. The number of hydrogen-bond donors (Lipinski definition) is 0. The summed E-state index contributed by atoms with van der Waals surface area (Å²) in [6, 6.07) is -0.0466. The molecule has 0 aromatic rings. The maximum absolute atomic E-state index is 11.5. The maximum atomic E-state index is 11.5. The van der Waals surface area contributed by atoms with Gasteiger partial charge in [-0.3, -0.25) is 14.5 Å². The van der Waals surface area contributed by atoms with Crippen LogP contribution in [0.15, 0.2) is 0 Å². The van der Waals surface area contributed by atoms with Crippen molar-refractivity contribution in [2.24, 2.45) is 0 Å². The Hall–Kier alpha value is -0.900. The van der Waals surface area contributed by atoms with E-state index in [1.54, 1.807) is 6.92 Å². The first kappa shape index (κ1) is 11.2. The highest BCUT2D eigenvalue weighted by Gasteiger charge is 2.47. The molecule has 0 aromatic carbocycles. The van der Waals surface area contributed by atoms with Gasteiger partial charge in [0.25, 0.3) is 0 Å². The first-order chi connectivity index (χ1) is 6.65. The monoisotopic (exact) mass is 199 g/mol. The van der Waals surface area contributed by atoms with Gasteiger partial charge in [-0.15, -0.1) is 0 Å². The summed E-state index contributed by atoms with van der Waals surface area (Å²) in [6.07, 6.45) is 0.489. The van der Waals surface area contributed by atoms with E-state index in [0.717, 1.165) is 13.0 Å². The zero-order valence-corrected chi connectivity index (χ0v) is 8.95. The van der Waals surface area contributed by atoms with Gasteiger partial charge in [0.05, 0.1) is 6.04 Å². The smallest absolute Gasteiger partial charge is 0.307 e. The molecule has 4 nitrogen and oxygen atoms in total. The number of carbonyl (C=O) groups is 2. The number of esters is 1. The lowest BCUT2D eigenvalue weighted by Crippen LogP contribution is -2.65. The van der Waals surface area contributed by atoms with Crippen molar-refractivity contribution in [2.75, 3.05) is 6.54 Å². The van der Waals surface area contributed by atoms with Crippen molar-refractivity contribution < 1.29 is 14.3 Å². The van der Waals surface area contributed by atoms with Crippen LogP contribution in [0.1, 0.15) is 33.6 Å². The van der Waals surface area contributed by atoms with E-state index in [1.165, 1.54) is 0 Å². The maximum Gasteiger partial charge on any atom is 0.307 e. The number of ether oxygens (including phenoxy) is 1. The van der Waals surface area contributed by atoms with Gasteiger partial charge in [0, 0.05) is 6.42 Å². The van der Waals surface area contributed by atoms with Crippen molar-refractivity contribution in [1.82, 2.24) is 4.90 Å². The summed E-state index contributed by atoms with van der Waals surface area (Å²) in [5.41, 5.74) is 0. The largest absolute Gasteiger partial charge is 0.439 e. The molecule has 1 rings (SSSR count). The van der Waals surface area contributed by atoms with Gasteiger partial charge in [-0.05, 0) is 13.0 Å². The van der Waals surface area contributed by atoms with Crippen LogP contribution in [0, 0.1) is 0 Å². The third-order valence-electron chi connectivity index (χ3n) is 2.56. The van der Waals surface area contributed by atoms with Crippen LogP contribution in [-0.2, 0) is 14.3 Å². The Kier molecular flexibility index (Phi) is 3.63. The van der Waals surface area contributed by atoms with Gasteiger partial charge in [0.15, 0.2) is 0 Å². The molecule has 1 heterocycles. The molecule has 80 valence electrons. The molecule has 1 fully saturated rings. The van der Waals surface area contributed by atoms with E-state index in [2.05, 4.69) is 0 Å². The number of Topliss-reactive ketones (excluding diaryl/α,β-unsaturated/α-hetero) is 1. The second-order valence-corrected chi connectivity index (χ2v) is 3.35. The molecule has 1 aliphatic heterocycles. The Balaban J connectivity index is 2.54. The fourth-order valence-electron chi connectivity index (χ4n) is 1.73. The molecule has 1 aliphatic rings. The predicted octanol–water partition coefficient (Wildman–Crippen LogP) is 0.949. The van der Waals surface area contributed by atoms with Crippen molar-refractivity contribution in [3.63, 3.8) is 0 Å². The molecular weight excluding hydrogens is 182 g/mol. The molecule has 0 aliphatic carbocycles. The van der Waals surface area contributed by atoms with Crippen LogP contribution in [0.2, 0.25) is 0 Å². The van der Waals surface area contributed by atoms with E-state index < -0.39 is 6.23 Å². The van der Waals surface area contributed by atoms with Gasteiger partial charge < -0.3 is 4.74 Å². The van der Waals surface area contributed by atoms with Gasteiger partial charge in [0.2, 0.25) is 12.0 Å². The number of hydrogen-bond acceptors (Lipinski definition) is 4. The third-order valence-corrected chi connectivity index (χ3v) is 2.56. The lowest BCUT2D eigenvalue weighted by molar-refractivity contribution is -0.189. The molecule has 0 radical (unpaired) electrons. The number of nitrogens with zero attached hydrogens (tertiary/aromatic N) is 1. The van der Waals surface area contributed by atoms with E-state index in [0.29, 0.717) is 6.42 Å². The number of carbonyl (C=O) groups excluding carboxylic acids is 2. The summed E-state index contributed by atoms with van der Waals surface area (Å²) >= 11 is 0. The predicted molar refractivity (Wildman–Crippen MR) is 51.6 cm³/mol. The zero-order valence-electron chi connectivity index (χ0n) is 8.95. The fourth-order valence-corrected chi connectivity index (χ4v) is 1.73. The Labute approximate surface area is 84.2 Å². The molecule has 0 aromatic heterocycles. The summed E-state index contributed by atoms with van der Waals surface area (Å²) < 4.78 is 5.02. The number of likely N-dealkylation sites (tertiary alicyclic amines) is 1. The molecule has 4 heteroatoms. The van der Waals surface area contributed by atoms with Crippen molar-refractivity contribution in [3.8, 4) is 0 Å². The van der Waals surface area contributed by atoms with Crippen LogP contribution in [0.4, 0.5) is 0 Å². The molecular formula is C10H17NO3. The van der Waals surface area contributed by atoms with E-state index in [9.17, 15) is 9.59 Å². The van der Waals surface area contributed by atoms with Crippen LogP contribution in [0.25, 0.3) is 0 Å². The van der Waals surface area contributed by atoms with E-state index in [4.69, 9.17) is 4.74 Å². The molecule has 0 amide bonds. The van der Waals surface area contributed by atoms with Gasteiger partial charge in [-0.1, -0.05) is 20.8 Å². The van der Waals surface area contributed by atoms with E-state index in [1.807, 2.05) is 18.7 Å². The minimum atomic E-state index is -0.614. The van der Waals surface area contributed by atoms with Crippen LogP contribution >= 0.6 is 0 Å². The highest BCUT2D eigenvalue weighted by Crippen LogP contribution is 2.25. The minimum Gasteiger partial charge on any atom is -0.439 e. The quantitative estimate of drug-likeness (QED) is 0.632. The Morgan fingerprint density at radius 3 is 2.50 bits per heavy atom. The molecule has 2 unspecified atom stereocenters. The number of rotatable bonds is 4. The third kappa shape index (κ3) is 1.80. The number of ketones is 1. The summed E-state index contributed by atoms with van der Waals surface area (Å²) in [7, 11) is 0. The average molecular weight is 199 g/mol. The highest BCUT2D eigenvalue weighted by molar-refractivity contribution is 5.94. The van der Waals surface area contributed by atoms with Gasteiger partial charge in [0.1, 0.15) is 0 Å². The summed E-state index contributed by atoms with van der Waals surface area (Å²) in [6.45, 7) is 6.38. The summed E-state index contributed by atoms with van der Waals surface area (Å²) in [5, 5.41) is 0. The molecule has 1 saturated heterocycles. The van der Waals surface area contributed by atoms with Gasteiger partial charge in [-0.2, -0.15) is 0 Å². The van der Waals surface area contributed by atoms with Crippen LogP contribution in [0.3, 0.4) is 0 Å². The van der Waals surface area contributed by atoms with Gasteiger partial charge >= 0.3 is 5.97 Å². The van der Waals surface area contributed by atoms with E-state index in [-0.39, 0.29) is 17.8 Å². The SMILES string of the molecule is CCC(=O)OC1C(=O)C(CC)N1CC. The molecule has 0 spiro atoms. The van der Waals surface area contributed by atoms with E-state index >= 15 is 0 Å². The standard InChI is InChI=1S/C10H17NO3/c1-4-7-9(13)10(11(7)6-3)14-8(12)5-2/h7,10H,4-6H2,1-3H3. The molecule has 2 atom stereocenters. The van der Waals surface area contributed by atoms with Crippen LogP contribution in [-0.4, -0.2) is 35.5 Å². The van der Waals surface area contributed by atoms with Crippen molar-refractivity contribution in [1.29, 1.82) is 0 Å². The average Bonchev–Trinajstić information content (AvgIpc) is 2.21. The normalized spacial score (nSPS) is 27.2. The lowest BCUT2D eigenvalue weighted by atomic mass is 9.96. The van der Waals surface area contributed by atoms with Crippen molar-refractivity contribution in [3.05, 3.63) is 0 Å². The zero-order chi connectivity index (χ0) is 10.7. The lowest BCUT2D eigenvalue weighted by Gasteiger charge is -2.44. The summed E-state index contributed by atoms with van der Waals surface area (Å²) in [5.74, 6) is -0.271. The second-order valence-electron chi connectivity index (χ2n) is 3.35. The van der Waals surface area contributed by atoms with Crippen LogP contribution in [0.5, 0.6) is 0 Å². The first-order valence-corrected chi connectivity index (χ1v) is 5.14. The first-order valence-electron chi connectivity index (χ1n) is 5.14. The van der Waals surface area contributed by atoms with Crippen LogP contribution < -0.4 is 0 Å². The minimum absolute atomic E-state index is 0.0381. The Morgan fingerprint density at radius 1 is 1.43 bits per heavy atom. The summed E-state index contributed by atoms with van der Waals surface area (Å²) in [4.78, 5) is 24.4. The number of likely N-dealkylation sites (N-methyl/N-ethyl adjacent to an activating group) is 1. The molecule has 0 N–H and O–H groups in total. The molecule has 0 saturated carbocycles. The fraction of sp³-hybridized carbons (Fsp3) is 0.800. The van der Waals surface area contributed by atoms with Crippen molar-refractivity contribution >= 4 is 11.8 Å². The Morgan fingerprint density at radius 2 is 2.07 bits per heavy atom. The molecule has 0 bridgehead atoms.